The monoisotopic (exact) mass is 340 g/mol. The van der Waals surface area contributed by atoms with Crippen molar-refractivity contribution in [1.82, 2.24) is 10.6 Å². The molecule has 0 aromatic heterocycles. The third-order valence-electron chi connectivity index (χ3n) is 3.82. The summed E-state index contributed by atoms with van der Waals surface area (Å²) in [5.74, 6) is 0.968. The number of hydrogen-bond acceptors (Lipinski definition) is 4. The van der Waals surface area contributed by atoms with Crippen LogP contribution in [0.3, 0.4) is 0 Å². The number of carbonyl (C=O) groups excluding carboxylic acids is 2. The molecular weight excluding hydrogens is 320 g/mol. The Hall–Kier alpha value is -3.02. The molecule has 0 saturated carbocycles. The van der Waals surface area contributed by atoms with E-state index in [9.17, 15) is 9.59 Å². The Morgan fingerprint density at radius 3 is 2.64 bits per heavy atom. The largest absolute Gasteiger partial charge is 0.454 e. The van der Waals surface area contributed by atoms with Crippen molar-refractivity contribution in [3.05, 3.63) is 59.2 Å². The van der Waals surface area contributed by atoms with Gasteiger partial charge in [0, 0.05) is 6.54 Å². The van der Waals surface area contributed by atoms with Crippen LogP contribution in [0.25, 0.3) is 0 Å². The lowest BCUT2D eigenvalue weighted by Crippen LogP contribution is -2.37. The van der Waals surface area contributed by atoms with Crippen LogP contribution >= 0.6 is 0 Å². The van der Waals surface area contributed by atoms with Gasteiger partial charge in [0.05, 0.1) is 13.0 Å². The molecule has 0 aliphatic carbocycles. The van der Waals surface area contributed by atoms with Gasteiger partial charge >= 0.3 is 0 Å². The van der Waals surface area contributed by atoms with Crippen LogP contribution in [-0.2, 0) is 22.6 Å². The second kappa shape index (κ2) is 7.70. The topological polar surface area (TPSA) is 76.7 Å². The summed E-state index contributed by atoms with van der Waals surface area (Å²) in [6, 6.07) is 13.3. The Morgan fingerprint density at radius 1 is 0.960 bits per heavy atom. The first-order chi connectivity index (χ1) is 12.1. The molecule has 2 aromatic rings. The van der Waals surface area contributed by atoms with Crippen LogP contribution in [0, 0.1) is 6.92 Å². The van der Waals surface area contributed by atoms with Crippen LogP contribution < -0.4 is 20.1 Å². The quantitative estimate of drug-likeness (QED) is 0.839. The second-order valence-corrected chi connectivity index (χ2v) is 5.91. The van der Waals surface area contributed by atoms with Crippen LogP contribution in [0.1, 0.15) is 16.7 Å². The molecule has 3 rings (SSSR count). The maximum absolute atomic E-state index is 11.9. The zero-order chi connectivity index (χ0) is 17.6. The molecule has 1 aliphatic heterocycles. The van der Waals surface area contributed by atoms with E-state index in [1.165, 1.54) is 0 Å². The molecule has 0 radical (unpaired) electrons. The lowest BCUT2D eigenvalue weighted by molar-refractivity contribution is -0.125. The molecule has 1 heterocycles. The maximum atomic E-state index is 11.9. The average Bonchev–Trinajstić information content (AvgIpc) is 3.06. The van der Waals surface area contributed by atoms with E-state index in [1.54, 1.807) is 0 Å². The van der Waals surface area contributed by atoms with E-state index in [0.717, 1.165) is 16.7 Å². The molecule has 6 heteroatoms. The number of benzene rings is 2. The van der Waals surface area contributed by atoms with E-state index in [-0.39, 0.29) is 31.6 Å². The highest BCUT2D eigenvalue weighted by atomic mass is 16.7. The summed E-state index contributed by atoms with van der Waals surface area (Å²) in [4.78, 5) is 23.8. The van der Waals surface area contributed by atoms with E-state index in [1.807, 2.05) is 49.4 Å². The number of nitrogens with one attached hydrogen (secondary N) is 2. The van der Waals surface area contributed by atoms with Gasteiger partial charge in [0.15, 0.2) is 11.5 Å². The fourth-order valence-corrected chi connectivity index (χ4v) is 2.56. The predicted molar refractivity (Wildman–Crippen MR) is 92.3 cm³/mol. The third-order valence-corrected chi connectivity index (χ3v) is 3.82. The Morgan fingerprint density at radius 2 is 1.80 bits per heavy atom. The lowest BCUT2D eigenvalue weighted by Gasteiger charge is -2.08. The first kappa shape index (κ1) is 16.8. The molecule has 130 valence electrons. The SMILES string of the molecule is Cc1cccc(CC(=O)NCC(=O)NCc2ccc3c(c2)OCO3)c1. The number of aryl methyl sites for hydroxylation is 1. The Bertz CT molecular complexity index is 789. The Labute approximate surface area is 146 Å². The van der Waals surface area contributed by atoms with E-state index < -0.39 is 0 Å². The first-order valence-electron chi connectivity index (χ1n) is 8.07. The summed E-state index contributed by atoms with van der Waals surface area (Å²) in [7, 11) is 0. The fourth-order valence-electron chi connectivity index (χ4n) is 2.56. The highest BCUT2D eigenvalue weighted by Gasteiger charge is 2.13. The second-order valence-electron chi connectivity index (χ2n) is 5.91. The molecule has 0 spiro atoms. The fraction of sp³-hybridized carbons (Fsp3) is 0.263. The van der Waals surface area contributed by atoms with Crippen LogP contribution in [0.15, 0.2) is 42.5 Å². The number of amides is 2. The molecule has 0 atom stereocenters. The van der Waals surface area contributed by atoms with Crippen LogP contribution in [0.4, 0.5) is 0 Å². The number of carbonyl (C=O) groups is 2. The molecule has 1 aliphatic rings. The molecule has 6 nitrogen and oxygen atoms in total. The van der Waals surface area contributed by atoms with E-state index >= 15 is 0 Å². The summed E-state index contributed by atoms with van der Waals surface area (Å²) < 4.78 is 10.5. The van der Waals surface area contributed by atoms with Gasteiger partial charge in [-0.15, -0.1) is 0 Å². The molecule has 2 aromatic carbocycles. The van der Waals surface area contributed by atoms with Gasteiger partial charge in [-0.2, -0.15) is 0 Å². The molecule has 2 N–H and O–H groups in total. The van der Waals surface area contributed by atoms with Gasteiger partial charge in [0.25, 0.3) is 0 Å². The molecular formula is C19H20N2O4. The lowest BCUT2D eigenvalue weighted by atomic mass is 10.1. The van der Waals surface area contributed by atoms with Crippen molar-refractivity contribution in [3.63, 3.8) is 0 Å². The van der Waals surface area contributed by atoms with Crippen LogP contribution in [-0.4, -0.2) is 25.2 Å². The summed E-state index contributed by atoms with van der Waals surface area (Å²) in [6.45, 7) is 2.52. The summed E-state index contributed by atoms with van der Waals surface area (Å²) in [5, 5.41) is 5.40. The van der Waals surface area contributed by atoms with Crippen molar-refractivity contribution in [2.75, 3.05) is 13.3 Å². The predicted octanol–water partition coefficient (Wildman–Crippen LogP) is 1.70. The summed E-state index contributed by atoms with van der Waals surface area (Å²) in [6.07, 6.45) is 0.261. The van der Waals surface area contributed by atoms with Gasteiger partial charge < -0.3 is 20.1 Å². The smallest absolute Gasteiger partial charge is 0.239 e. The normalized spacial score (nSPS) is 11.9. The summed E-state index contributed by atoms with van der Waals surface area (Å²) in [5.41, 5.74) is 2.94. The Kier molecular flexibility index (Phi) is 5.18. The van der Waals surface area contributed by atoms with Crippen LogP contribution in [0.5, 0.6) is 11.5 Å². The minimum Gasteiger partial charge on any atom is -0.454 e. The zero-order valence-corrected chi connectivity index (χ0v) is 14.0. The van der Waals surface area contributed by atoms with Crippen molar-refractivity contribution in [1.29, 1.82) is 0 Å². The van der Waals surface area contributed by atoms with Crippen molar-refractivity contribution < 1.29 is 19.1 Å². The van der Waals surface area contributed by atoms with Crippen molar-refractivity contribution >= 4 is 11.8 Å². The molecule has 25 heavy (non-hydrogen) atoms. The van der Waals surface area contributed by atoms with E-state index in [2.05, 4.69) is 10.6 Å². The van der Waals surface area contributed by atoms with Gasteiger partial charge in [0.2, 0.25) is 18.6 Å². The van der Waals surface area contributed by atoms with Gasteiger partial charge in [-0.1, -0.05) is 35.9 Å². The molecule has 0 saturated heterocycles. The number of ether oxygens (including phenoxy) is 2. The van der Waals surface area contributed by atoms with E-state index in [4.69, 9.17) is 9.47 Å². The van der Waals surface area contributed by atoms with Crippen LogP contribution in [0.2, 0.25) is 0 Å². The standard InChI is InChI=1S/C19H20N2O4/c1-13-3-2-4-14(7-13)9-18(22)21-11-19(23)20-10-15-5-6-16-17(8-15)25-12-24-16/h2-8H,9-12H2,1H3,(H,20,23)(H,21,22). The van der Waals surface area contributed by atoms with Gasteiger partial charge in [0.1, 0.15) is 0 Å². The molecule has 0 fully saturated rings. The third kappa shape index (κ3) is 4.73. The average molecular weight is 340 g/mol. The highest BCUT2D eigenvalue weighted by molar-refractivity contribution is 5.85. The minimum absolute atomic E-state index is 0.0464. The Balaban J connectivity index is 1.41. The van der Waals surface area contributed by atoms with E-state index in [0.29, 0.717) is 18.0 Å². The van der Waals surface area contributed by atoms with Gasteiger partial charge in [-0.25, -0.2) is 0 Å². The minimum atomic E-state index is -0.241. The molecule has 0 unspecified atom stereocenters. The zero-order valence-electron chi connectivity index (χ0n) is 14.0. The maximum Gasteiger partial charge on any atom is 0.239 e. The highest BCUT2D eigenvalue weighted by Crippen LogP contribution is 2.32. The molecule has 0 bridgehead atoms. The molecule has 2 amide bonds. The number of rotatable bonds is 6. The van der Waals surface area contributed by atoms with Crippen molar-refractivity contribution in [2.24, 2.45) is 0 Å². The van der Waals surface area contributed by atoms with Gasteiger partial charge in [-0.05, 0) is 30.2 Å². The van der Waals surface area contributed by atoms with Crippen molar-refractivity contribution in [3.8, 4) is 11.5 Å². The van der Waals surface area contributed by atoms with Gasteiger partial charge in [-0.3, -0.25) is 9.59 Å². The number of fused-ring (bicyclic) bond motifs is 1. The first-order valence-corrected chi connectivity index (χ1v) is 8.07. The van der Waals surface area contributed by atoms with Crippen molar-refractivity contribution in [2.45, 2.75) is 19.9 Å². The summed E-state index contributed by atoms with van der Waals surface area (Å²) >= 11 is 0. The number of hydrogen-bond donors (Lipinski definition) is 2.